The third-order valence-corrected chi connectivity index (χ3v) is 1.92. The van der Waals surface area contributed by atoms with E-state index in [-0.39, 0.29) is 5.56 Å². The summed E-state index contributed by atoms with van der Waals surface area (Å²) < 4.78 is 37.6. The molecule has 1 N–H and O–H groups in total. The number of aromatic hydroxyl groups is 1. The van der Waals surface area contributed by atoms with Gasteiger partial charge in [0.05, 0.1) is 5.02 Å². The molecule has 0 unspecified atom stereocenters. The molecule has 0 aliphatic heterocycles. The highest BCUT2D eigenvalue weighted by Gasteiger charge is 2.20. The summed E-state index contributed by atoms with van der Waals surface area (Å²) in [5.74, 6) is -5.82. The van der Waals surface area contributed by atoms with Gasteiger partial charge in [0, 0.05) is 5.56 Å². The lowest BCUT2D eigenvalue weighted by molar-refractivity contribution is 0.385. The fourth-order valence-electron chi connectivity index (χ4n) is 0.735. The van der Waals surface area contributed by atoms with Crippen LogP contribution >= 0.6 is 11.6 Å². The quantitative estimate of drug-likeness (QED) is 0.500. The highest BCUT2D eigenvalue weighted by atomic mass is 35.5. The zero-order valence-corrected chi connectivity index (χ0v) is 6.72. The van der Waals surface area contributed by atoms with Crippen molar-refractivity contribution in [3.8, 4) is 5.75 Å². The molecule has 12 heavy (non-hydrogen) atoms. The highest BCUT2D eigenvalue weighted by Crippen LogP contribution is 2.33. The molecule has 0 saturated carbocycles. The van der Waals surface area contributed by atoms with E-state index in [0.717, 1.165) is 6.92 Å². The van der Waals surface area contributed by atoms with Crippen molar-refractivity contribution in [1.29, 1.82) is 0 Å². The molecule has 0 atom stereocenters. The minimum absolute atomic E-state index is 0.312. The van der Waals surface area contributed by atoms with Crippen LogP contribution in [0.5, 0.6) is 5.75 Å². The van der Waals surface area contributed by atoms with E-state index in [9.17, 15) is 13.2 Å². The average molecular weight is 197 g/mol. The van der Waals surface area contributed by atoms with Crippen LogP contribution in [0.1, 0.15) is 5.56 Å². The Labute approximate surface area is 71.4 Å². The maximum atomic E-state index is 12.6. The second-order valence-electron chi connectivity index (χ2n) is 2.23. The third kappa shape index (κ3) is 1.12. The van der Waals surface area contributed by atoms with Crippen LogP contribution in [-0.4, -0.2) is 5.11 Å². The lowest BCUT2D eigenvalue weighted by Gasteiger charge is -2.04. The van der Waals surface area contributed by atoms with Crippen LogP contribution in [0.2, 0.25) is 5.02 Å². The van der Waals surface area contributed by atoms with Crippen molar-refractivity contribution in [2.45, 2.75) is 6.92 Å². The van der Waals surface area contributed by atoms with Crippen LogP contribution in [0.25, 0.3) is 0 Å². The number of benzene rings is 1. The van der Waals surface area contributed by atoms with E-state index in [1.165, 1.54) is 0 Å². The van der Waals surface area contributed by atoms with E-state index in [1.54, 1.807) is 0 Å². The molecule has 0 fully saturated rings. The molecule has 0 amide bonds. The predicted octanol–water partition coefficient (Wildman–Crippen LogP) is 2.77. The van der Waals surface area contributed by atoms with Gasteiger partial charge in [0.15, 0.2) is 17.4 Å². The van der Waals surface area contributed by atoms with Gasteiger partial charge in [-0.2, -0.15) is 4.39 Å². The Bertz CT molecular complexity index is 233. The molecule has 1 rings (SSSR count). The lowest BCUT2D eigenvalue weighted by atomic mass is 10.2. The molecule has 1 aromatic rings. The van der Waals surface area contributed by atoms with Gasteiger partial charge >= 0.3 is 0 Å². The fraction of sp³-hybridized carbons (Fsp3) is 0.143. The van der Waals surface area contributed by atoms with Gasteiger partial charge in [-0.05, 0) is 6.92 Å². The fourth-order valence-corrected chi connectivity index (χ4v) is 0.901. The van der Waals surface area contributed by atoms with Gasteiger partial charge in [-0.3, -0.25) is 0 Å². The van der Waals surface area contributed by atoms with Gasteiger partial charge in [-0.15, -0.1) is 0 Å². The van der Waals surface area contributed by atoms with Gasteiger partial charge in [-0.25, -0.2) is 8.78 Å². The first-order valence-corrected chi connectivity index (χ1v) is 3.36. The molecule has 0 aliphatic carbocycles. The van der Waals surface area contributed by atoms with Crippen molar-refractivity contribution >= 4 is 11.6 Å². The number of rotatable bonds is 0. The molecule has 1 nitrogen and oxygen atoms in total. The normalized spacial score (nSPS) is 10.4. The first kappa shape index (κ1) is 9.19. The average Bonchev–Trinajstić information content (AvgIpc) is 2.08. The molecule has 0 heterocycles. The van der Waals surface area contributed by atoms with Gasteiger partial charge in [0.25, 0.3) is 0 Å². The van der Waals surface area contributed by atoms with E-state index in [1.807, 2.05) is 0 Å². The number of phenols is 1. The number of halogens is 4. The highest BCUT2D eigenvalue weighted by molar-refractivity contribution is 6.32. The smallest absolute Gasteiger partial charge is 0.205 e. The predicted molar refractivity (Wildman–Crippen MR) is 37.7 cm³/mol. The first-order chi connectivity index (χ1) is 5.46. The Morgan fingerprint density at radius 3 is 2.08 bits per heavy atom. The van der Waals surface area contributed by atoms with Crippen LogP contribution in [-0.2, 0) is 0 Å². The Morgan fingerprint density at radius 2 is 1.58 bits per heavy atom. The summed E-state index contributed by atoms with van der Waals surface area (Å²) in [6, 6.07) is 0. The van der Waals surface area contributed by atoms with Crippen molar-refractivity contribution in [3.05, 3.63) is 28.0 Å². The topological polar surface area (TPSA) is 20.2 Å². The SMILES string of the molecule is Cc1c(F)c(F)c(F)c(O)c1Cl. The monoisotopic (exact) mass is 196 g/mol. The third-order valence-electron chi connectivity index (χ3n) is 1.46. The van der Waals surface area contributed by atoms with Crippen molar-refractivity contribution in [2.75, 3.05) is 0 Å². The Hall–Kier alpha value is -0.900. The Morgan fingerprint density at radius 1 is 1.08 bits per heavy atom. The van der Waals surface area contributed by atoms with E-state index in [4.69, 9.17) is 16.7 Å². The summed E-state index contributed by atoms with van der Waals surface area (Å²) in [6.45, 7) is 1.14. The molecular weight excluding hydrogens is 193 g/mol. The molecule has 0 radical (unpaired) electrons. The number of phenolic OH excluding ortho intramolecular Hbond substituents is 1. The van der Waals surface area contributed by atoms with Crippen LogP contribution in [0.15, 0.2) is 0 Å². The van der Waals surface area contributed by atoms with Gasteiger partial charge in [-0.1, -0.05) is 11.6 Å². The molecule has 0 aromatic heterocycles. The molecule has 1 aromatic carbocycles. The lowest BCUT2D eigenvalue weighted by Crippen LogP contribution is -1.95. The zero-order chi connectivity index (χ0) is 9.46. The summed E-state index contributed by atoms with van der Waals surface area (Å²) >= 11 is 5.26. The van der Waals surface area contributed by atoms with Crippen molar-refractivity contribution in [3.63, 3.8) is 0 Å². The largest absolute Gasteiger partial charge is 0.504 e. The maximum Gasteiger partial charge on any atom is 0.205 e. The molecule has 66 valence electrons. The summed E-state index contributed by atoms with van der Waals surface area (Å²) in [7, 11) is 0. The summed E-state index contributed by atoms with van der Waals surface area (Å²) in [5.41, 5.74) is -0.312. The molecule has 5 heteroatoms. The molecule has 0 saturated heterocycles. The molecule has 0 bridgehead atoms. The molecule has 0 spiro atoms. The minimum atomic E-state index is -1.71. The minimum Gasteiger partial charge on any atom is -0.504 e. The Balaban J connectivity index is 3.60. The molecule has 0 aliphatic rings. The van der Waals surface area contributed by atoms with Gasteiger partial charge < -0.3 is 5.11 Å². The van der Waals surface area contributed by atoms with Crippen LogP contribution in [0, 0.1) is 24.4 Å². The van der Waals surface area contributed by atoms with E-state index in [0.29, 0.717) is 0 Å². The zero-order valence-electron chi connectivity index (χ0n) is 5.96. The second kappa shape index (κ2) is 2.86. The van der Waals surface area contributed by atoms with Gasteiger partial charge in [0.1, 0.15) is 0 Å². The maximum absolute atomic E-state index is 12.6. The standard InChI is InChI=1S/C7H4ClF3O/c1-2-3(8)7(12)6(11)5(10)4(2)9/h12H,1H3. The first-order valence-electron chi connectivity index (χ1n) is 2.98. The van der Waals surface area contributed by atoms with E-state index in [2.05, 4.69) is 0 Å². The number of hydrogen-bond donors (Lipinski definition) is 1. The summed E-state index contributed by atoms with van der Waals surface area (Å²) in [5, 5.41) is 8.27. The van der Waals surface area contributed by atoms with Crippen LogP contribution in [0.4, 0.5) is 13.2 Å². The van der Waals surface area contributed by atoms with E-state index < -0.39 is 28.2 Å². The van der Waals surface area contributed by atoms with Crippen molar-refractivity contribution in [1.82, 2.24) is 0 Å². The number of hydrogen-bond acceptors (Lipinski definition) is 1. The van der Waals surface area contributed by atoms with Crippen molar-refractivity contribution < 1.29 is 18.3 Å². The van der Waals surface area contributed by atoms with E-state index >= 15 is 0 Å². The van der Waals surface area contributed by atoms with Gasteiger partial charge in [0.2, 0.25) is 5.82 Å². The second-order valence-corrected chi connectivity index (χ2v) is 2.61. The summed E-state index contributed by atoms with van der Waals surface area (Å²) in [6.07, 6.45) is 0. The van der Waals surface area contributed by atoms with Crippen molar-refractivity contribution in [2.24, 2.45) is 0 Å². The molecular formula is C7H4ClF3O. The van der Waals surface area contributed by atoms with Crippen LogP contribution < -0.4 is 0 Å². The van der Waals surface area contributed by atoms with Crippen LogP contribution in [0.3, 0.4) is 0 Å². The summed E-state index contributed by atoms with van der Waals surface area (Å²) in [4.78, 5) is 0. The Kier molecular flexibility index (Phi) is 2.19.